The molecule has 3 aromatic rings. The maximum absolute atomic E-state index is 12.8. The number of rotatable bonds is 24. The Balaban J connectivity index is 0.857. The van der Waals surface area contributed by atoms with Gasteiger partial charge in [0.1, 0.15) is 29.8 Å². The van der Waals surface area contributed by atoms with E-state index in [4.69, 9.17) is 26.2 Å². The number of carbonyl (C=O) groups is 2. The number of piperidine rings is 1. The van der Waals surface area contributed by atoms with E-state index in [1.807, 2.05) is 41.6 Å². The van der Waals surface area contributed by atoms with Crippen LogP contribution in [0.5, 0.6) is 5.75 Å². The van der Waals surface area contributed by atoms with E-state index in [0.717, 1.165) is 96.4 Å². The number of unbranched alkanes of at least 4 members (excludes halogenated alkanes) is 2. The number of ether oxygens (including phenoxy) is 2. The molecule has 14 heteroatoms. The number of ketones is 1. The summed E-state index contributed by atoms with van der Waals surface area (Å²) in [4.78, 5) is 32.8. The zero-order valence-electron chi connectivity index (χ0n) is 33.0. The lowest BCUT2D eigenvalue weighted by molar-refractivity contribution is -0.127. The summed E-state index contributed by atoms with van der Waals surface area (Å²) in [5.74, 6) is 2.10. The number of benzene rings is 2. The van der Waals surface area contributed by atoms with Gasteiger partial charge in [0.2, 0.25) is 5.91 Å². The van der Waals surface area contributed by atoms with Crippen LogP contribution in [0.4, 0.5) is 0 Å². The predicted molar refractivity (Wildman–Crippen MR) is 223 cm³/mol. The molecule has 3 aliphatic rings. The summed E-state index contributed by atoms with van der Waals surface area (Å²) in [5.41, 5.74) is 3.81. The Kier molecular flexibility index (Phi) is 16.4. The second-order valence-corrected chi connectivity index (χ2v) is 17.6. The van der Waals surface area contributed by atoms with Crippen molar-refractivity contribution in [3.63, 3.8) is 0 Å². The van der Waals surface area contributed by atoms with Crippen molar-refractivity contribution in [2.45, 2.75) is 118 Å². The van der Waals surface area contributed by atoms with Gasteiger partial charge < -0.3 is 40.3 Å². The number of halogens is 1. The van der Waals surface area contributed by atoms with Gasteiger partial charge in [-0.3, -0.25) is 19.5 Å². The van der Waals surface area contributed by atoms with Crippen LogP contribution in [0.3, 0.4) is 0 Å². The molecule has 0 spiro atoms. The number of pyridine rings is 1. The molecular weight excluding hydrogens is 782 g/mol. The summed E-state index contributed by atoms with van der Waals surface area (Å²) in [6.45, 7) is 0.820. The average molecular weight is 840 g/mol. The molecule has 12 nitrogen and oxygen atoms in total. The van der Waals surface area contributed by atoms with E-state index in [9.17, 15) is 30.0 Å². The third-order valence-corrected chi connectivity index (χ3v) is 12.8. The summed E-state index contributed by atoms with van der Waals surface area (Å²) in [6.07, 6.45) is 7.18. The van der Waals surface area contributed by atoms with Crippen molar-refractivity contribution >= 4 is 35.1 Å². The fraction of sp³-hybridized carbons (Fsp3) is 0.568. The highest BCUT2D eigenvalue weighted by atomic mass is 35.5. The molecule has 2 aliphatic carbocycles. The van der Waals surface area contributed by atoms with Crippen LogP contribution in [0, 0.1) is 5.92 Å². The zero-order chi connectivity index (χ0) is 41.1. The van der Waals surface area contributed by atoms with Crippen molar-refractivity contribution < 1.29 is 44.6 Å². The largest absolute Gasteiger partial charge is 0.490 e. The van der Waals surface area contributed by atoms with Crippen molar-refractivity contribution in [2.75, 3.05) is 38.5 Å². The molecule has 316 valence electrons. The normalized spacial score (nSPS) is 18.9. The van der Waals surface area contributed by atoms with Gasteiger partial charge in [-0.25, -0.2) is 0 Å². The summed E-state index contributed by atoms with van der Waals surface area (Å²) >= 11 is 8.46. The molecular formula is C44H58ClN3O9S. The molecule has 0 unspecified atom stereocenters. The summed E-state index contributed by atoms with van der Waals surface area (Å²) in [7, 11) is 0. The number of Topliss-reactive ketones (excluding diaryl/α,β-unsaturated/α-hetero) is 1. The molecule has 1 saturated heterocycles. The molecule has 0 bridgehead atoms. The highest BCUT2D eigenvalue weighted by molar-refractivity contribution is 7.99. The first kappa shape index (κ1) is 44.4. The van der Waals surface area contributed by atoms with Gasteiger partial charge in [0, 0.05) is 52.8 Å². The van der Waals surface area contributed by atoms with Crippen molar-refractivity contribution in [1.29, 1.82) is 0 Å². The van der Waals surface area contributed by atoms with Crippen LogP contribution < -0.4 is 10.1 Å². The zero-order valence-corrected chi connectivity index (χ0v) is 34.6. The molecule has 1 aliphatic heterocycles. The number of nitrogens with one attached hydrogen (secondary N) is 1. The summed E-state index contributed by atoms with van der Waals surface area (Å²) in [6, 6.07) is 16.4. The van der Waals surface area contributed by atoms with E-state index in [1.54, 1.807) is 11.8 Å². The quantitative estimate of drug-likeness (QED) is 0.0525. The number of hydrogen-bond acceptors (Lipinski definition) is 12. The Morgan fingerprint density at radius 1 is 0.948 bits per heavy atom. The third-order valence-electron chi connectivity index (χ3n) is 11.3. The number of amides is 1. The van der Waals surface area contributed by atoms with Crippen molar-refractivity contribution in [2.24, 2.45) is 5.92 Å². The molecule has 58 heavy (non-hydrogen) atoms. The molecule has 2 saturated carbocycles. The van der Waals surface area contributed by atoms with Gasteiger partial charge >= 0.3 is 0 Å². The molecule has 6 N–H and O–H groups in total. The lowest BCUT2D eigenvalue weighted by Crippen LogP contribution is -2.50. The third kappa shape index (κ3) is 12.7. The van der Waals surface area contributed by atoms with Crippen LogP contribution in [0.25, 0.3) is 11.1 Å². The smallest absolute Gasteiger partial charge is 0.234 e. The molecule has 1 amide bonds. The first-order valence-corrected chi connectivity index (χ1v) is 22.0. The minimum atomic E-state index is -1.74. The highest BCUT2D eigenvalue weighted by Crippen LogP contribution is 2.53. The number of likely N-dealkylation sites (tertiary alicyclic amines) is 1. The van der Waals surface area contributed by atoms with Gasteiger partial charge in [0.15, 0.2) is 0 Å². The van der Waals surface area contributed by atoms with Gasteiger partial charge in [-0.15, -0.1) is 11.8 Å². The van der Waals surface area contributed by atoms with Crippen LogP contribution in [0.2, 0.25) is 5.02 Å². The number of carbonyl (C=O) groups excluding carboxylic acids is 2. The standard InChI is InChI=1S/C44H58ClN3O9S/c45-37-12-11-33(23-30(37)28-56-44(16-17-44)36-24-46-18-13-34(36)35-7-3-4-8-40(35)57-32-9-10-32)58-21-5-1-2-6-31(50)22-29-14-19-48(20-15-29)26-41(53)47-25-38(51)42(54)43(55)39(52)27-49/h3-4,7-8,11-13,18,23-24,29,32,38-39,42-43,49,51-52,54-55H,1-2,5-6,9-10,14-17,19-22,25-28H2,(H,47,53)/t38-,39+,42+,43+/m0/s1. The van der Waals surface area contributed by atoms with Crippen molar-refractivity contribution in [3.05, 3.63) is 77.1 Å². The number of aliphatic hydroxyl groups is 5. The lowest BCUT2D eigenvalue weighted by Gasteiger charge is -2.31. The Morgan fingerprint density at radius 2 is 1.71 bits per heavy atom. The Hall–Kier alpha value is -3.11. The Bertz CT molecular complexity index is 1800. The van der Waals surface area contributed by atoms with E-state index in [1.165, 1.54) is 0 Å². The van der Waals surface area contributed by atoms with E-state index < -0.39 is 36.6 Å². The minimum absolute atomic E-state index is 0.120. The van der Waals surface area contributed by atoms with Crippen LogP contribution in [0.15, 0.2) is 65.8 Å². The molecule has 4 atom stereocenters. The number of aliphatic hydroxyl groups excluding tert-OH is 5. The van der Waals surface area contributed by atoms with Gasteiger partial charge in [0.25, 0.3) is 0 Å². The van der Waals surface area contributed by atoms with Gasteiger partial charge in [-0.1, -0.05) is 36.2 Å². The SMILES string of the molecule is O=C(CCCCCSc1ccc(Cl)c(COC2(c3cnccc3-c3ccccc3OC3CC3)CC2)c1)CC1CCN(CC(=O)NC[C@H](O)[C@@H](O)[C@H](O)[C@H](O)CO)CC1. The fourth-order valence-electron chi connectivity index (χ4n) is 7.45. The van der Waals surface area contributed by atoms with Gasteiger partial charge in [0.05, 0.1) is 37.6 Å². The number of para-hydroxylation sites is 1. The van der Waals surface area contributed by atoms with Gasteiger partial charge in [-0.2, -0.15) is 0 Å². The Morgan fingerprint density at radius 3 is 2.45 bits per heavy atom. The van der Waals surface area contributed by atoms with E-state index in [0.29, 0.717) is 49.6 Å². The molecule has 6 rings (SSSR count). The monoisotopic (exact) mass is 839 g/mol. The summed E-state index contributed by atoms with van der Waals surface area (Å²) < 4.78 is 12.9. The van der Waals surface area contributed by atoms with Gasteiger partial charge in [-0.05, 0) is 118 Å². The van der Waals surface area contributed by atoms with Crippen LogP contribution >= 0.6 is 23.4 Å². The predicted octanol–water partition coefficient (Wildman–Crippen LogP) is 5.02. The second-order valence-electron chi connectivity index (χ2n) is 16.0. The lowest BCUT2D eigenvalue weighted by atomic mass is 9.90. The number of hydrogen-bond donors (Lipinski definition) is 6. The molecule has 2 aromatic carbocycles. The fourth-order valence-corrected chi connectivity index (χ4v) is 8.59. The maximum Gasteiger partial charge on any atom is 0.234 e. The van der Waals surface area contributed by atoms with E-state index >= 15 is 0 Å². The number of thioether (sulfide) groups is 1. The molecule has 1 aromatic heterocycles. The van der Waals surface area contributed by atoms with E-state index in [-0.39, 0.29) is 24.8 Å². The first-order valence-electron chi connectivity index (χ1n) is 20.6. The highest BCUT2D eigenvalue weighted by Gasteiger charge is 2.48. The minimum Gasteiger partial charge on any atom is -0.490 e. The average Bonchev–Trinajstić information content (AvgIpc) is 4.19. The summed E-state index contributed by atoms with van der Waals surface area (Å²) in [5, 5.41) is 51.2. The number of nitrogens with zero attached hydrogens (tertiary/aromatic N) is 2. The van der Waals surface area contributed by atoms with Crippen molar-refractivity contribution in [1.82, 2.24) is 15.2 Å². The van der Waals surface area contributed by atoms with Crippen LogP contribution in [-0.4, -0.2) is 116 Å². The molecule has 3 fully saturated rings. The van der Waals surface area contributed by atoms with Crippen LogP contribution in [0.1, 0.15) is 81.8 Å². The van der Waals surface area contributed by atoms with Crippen LogP contribution in [-0.2, 0) is 26.5 Å². The second kappa shape index (κ2) is 21.4. The maximum atomic E-state index is 12.8. The first-order chi connectivity index (χ1) is 28.0. The molecule has 0 radical (unpaired) electrons. The van der Waals surface area contributed by atoms with E-state index in [2.05, 4.69) is 34.6 Å². The van der Waals surface area contributed by atoms with Crippen molar-refractivity contribution in [3.8, 4) is 16.9 Å². The molecule has 2 heterocycles. The topological polar surface area (TPSA) is 182 Å². The Labute approximate surface area is 350 Å². The number of aromatic nitrogens is 1.